The van der Waals surface area contributed by atoms with Gasteiger partial charge in [0.25, 0.3) is 0 Å². The first-order valence-electron chi connectivity index (χ1n) is 6.61. The Hall–Kier alpha value is -1.98. The first-order valence-corrected chi connectivity index (χ1v) is 6.61. The quantitative estimate of drug-likeness (QED) is 0.871. The lowest BCUT2D eigenvalue weighted by Gasteiger charge is -2.34. The zero-order valence-corrected chi connectivity index (χ0v) is 10.8. The normalized spacial score (nSPS) is 19.9. The van der Waals surface area contributed by atoms with Crippen molar-refractivity contribution in [2.75, 3.05) is 6.79 Å². The van der Waals surface area contributed by atoms with Crippen molar-refractivity contribution in [2.24, 2.45) is 0 Å². The molecule has 0 saturated heterocycles. The maximum atomic E-state index is 14.1. The van der Waals surface area contributed by atoms with Gasteiger partial charge in [0, 0.05) is 5.56 Å². The van der Waals surface area contributed by atoms with E-state index in [0.29, 0.717) is 12.8 Å². The Bertz CT molecular complexity index is 563. The van der Waals surface area contributed by atoms with E-state index < -0.39 is 23.0 Å². The second-order valence-electron chi connectivity index (χ2n) is 5.27. The molecule has 2 N–H and O–H groups in total. The molecule has 2 aliphatic rings. The van der Waals surface area contributed by atoms with E-state index in [4.69, 9.17) is 9.47 Å². The zero-order valence-electron chi connectivity index (χ0n) is 10.8. The molecule has 0 aromatic heterocycles. The first kappa shape index (κ1) is 13.0. The summed E-state index contributed by atoms with van der Waals surface area (Å²) in [5, 5.41) is 19.7. The molecule has 1 aromatic rings. The van der Waals surface area contributed by atoms with Gasteiger partial charge in [0.15, 0.2) is 11.5 Å². The molecular formula is C14H15FO5. The third kappa shape index (κ3) is 1.71. The predicted molar refractivity (Wildman–Crippen MR) is 66.6 cm³/mol. The molecule has 1 fully saturated rings. The van der Waals surface area contributed by atoms with Crippen LogP contribution < -0.4 is 9.47 Å². The third-order valence-electron chi connectivity index (χ3n) is 4.21. The van der Waals surface area contributed by atoms with E-state index in [9.17, 15) is 19.4 Å². The van der Waals surface area contributed by atoms with E-state index in [1.165, 1.54) is 6.07 Å². The second kappa shape index (κ2) is 4.54. The number of hydrogen-bond donors (Lipinski definition) is 2. The predicted octanol–water partition coefficient (Wildman–Crippen LogP) is 2.55. The Kier molecular flexibility index (Phi) is 2.96. The summed E-state index contributed by atoms with van der Waals surface area (Å²) in [7, 11) is 0. The summed E-state index contributed by atoms with van der Waals surface area (Å²) in [4.78, 5) is 11.7. The minimum absolute atomic E-state index is 0.0893. The summed E-state index contributed by atoms with van der Waals surface area (Å²) in [6.07, 6.45) is 3.19. The molecule has 0 bridgehead atoms. The highest BCUT2D eigenvalue weighted by atomic mass is 19.1. The second-order valence-corrected chi connectivity index (χ2v) is 5.27. The lowest BCUT2D eigenvalue weighted by molar-refractivity contribution is -0.145. The molecule has 1 aromatic carbocycles. The van der Waals surface area contributed by atoms with Crippen LogP contribution in [0.25, 0.3) is 0 Å². The maximum Gasteiger partial charge on any atom is 0.314 e. The summed E-state index contributed by atoms with van der Waals surface area (Å²) >= 11 is 0. The number of rotatable bonds is 2. The van der Waals surface area contributed by atoms with Gasteiger partial charge in [-0.15, -0.1) is 0 Å². The van der Waals surface area contributed by atoms with E-state index in [2.05, 4.69) is 0 Å². The van der Waals surface area contributed by atoms with Gasteiger partial charge in [0.2, 0.25) is 18.4 Å². The average Bonchev–Trinajstić information content (AvgIpc) is 2.92. The number of hydrogen-bond acceptors (Lipinski definition) is 4. The van der Waals surface area contributed by atoms with Crippen molar-refractivity contribution < 1.29 is 28.9 Å². The summed E-state index contributed by atoms with van der Waals surface area (Å²) in [6.45, 7) is -0.130. The topological polar surface area (TPSA) is 76.0 Å². The largest absolute Gasteiger partial charge is 0.504 e. The van der Waals surface area contributed by atoms with Gasteiger partial charge in [-0.05, 0) is 18.9 Å². The number of halogens is 1. The summed E-state index contributed by atoms with van der Waals surface area (Å²) in [5.41, 5.74) is -1.16. The minimum Gasteiger partial charge on any atom is -0.504 e. The van der Waals surface area contributed by atoms with Gasteiger partial charge in [0.05, 0.1) is 5.41 Å². The molecule has 108 valence electrons. The van der Waals surface area contributed by atoms with Crippen LogP contribution in [0.1, 0.15) is 37.7 Å². The van der Waals surface area contributed by atoms with Gasteiger partial charge in [-0.1, -0.05) is 19.3 Å². The Balaban J connectivity index is 2.17. The third-order valence-corrected chi connectivity index (χ3v) is 4.21. The van der Waals surface area contributed by atoms with Crippen LogP contribution in [0.3, 0.4) is 0 Å². The fourth-order valence-corrected chi connectivity index (χ4v) is 3.11. The Morgan fingerprint density at radius 1 is 1.25 bits per heavy atom. The highest BCUT2D eigenvalue weighted by Gasteiger charge is 2.45. The summed E-state index contributed by atoms with van der Waals surface area (Å²) in [6, 6.07) is 1.40. The summed E-state index contributed by atoms with van der Waals surface area (Å²) < 4.78 is 24.2. The van der Waals surface area contributed by atoms with Gasteiger partial charge in [-0.2, -0.15) is 4.39 Å². The molecule has 1 aliphatic carbocycles. The van der Waals surface area contributed by atoms with E-state index in [0.717, 1.165) is 19.3 Å². The number of ether oxygens (including phenoxy) is 2. The van der Waals surface area contributed by atoms with Crippen LogP contribution in [0.4, 0.5) is 4.39 Å². The van der Waals surface area contributed by atoms with Crippen LogP contribution in [-0.4, -0.2) is 23.0 Å². The van der Waals surface area contributed by atoms with Gasteiger partial charge >= 0.3 is 5.97 Å². The number of benzene rings is 1. The molecule has 1 heterocycles. The van der Waals surface area contributed by atoms with Crippen molar-refractivity contribution in [3.63, 3.8) is 0 Å². The molecule has 1 aliphatic heterocycles. The molecule has 5 nitrogen and oxygen atoms in total. The smallest absolute Gasteiger partial charge is 0.314 e. The number of carbonyl (C=O) groups is 1. The van der Waals surface area contributed by atoms with Crippen LogP contribution in [-0.2, 0) is 10.2 Å². The highest BCUT2D eigenvalue weighted by molar-refractivity contribution is 5.83. The van der Waals surface area contributed by atoms with Crippen LogP contribution in [0.2, 0.25) is 0 Å². The number of phenolic OH excluding ortho intramolecular Hbond substituents is 1. The molecule has 0 unspecified atom stereocenters. The van der Waals surface area contributed by atoms with E-state index in [1.54, 1.807) is 0 Å². The number of carboxylic acids is 1. The van der Waals surface area contributed by atoms with Crippen LogP contribution in [0.15, 0.2) is 6.07 Å². The standard InChI is InChI=1S/C14H15FO5/c15-10-11(16)8(6-9-12(10)20-7-19-9)14(13(17)18)4-2-1-3-5-14/h6,16H,1-5,7H2,(H,17,18). The fourth-order valence-electron chi connectivity index (χ4n) is 3.11. The number of carboxylic acid groups (broad SMARTS) is 1. The van der Waals surface area contributed by atoms with Crippen molar-refractivity contribution in [1.29, 1.82) is 0 Å². The van der Waals surface area contributed by atoms with Crippen LogP contribution in [0.5, 0.6) is 17.2 Å². The Morgan fingerprint density at radius 2 is 1.95 bits per heavy atom. The van der Waals surface area contributed by atoms with Gasteiger partial charge in [-0.3, -0.25) is 4.79 Å². The van der Waals surface area contributed by atoms with E-state index in [-0.39, 0.29) is 23.9 Å². The molecule has 20 heavy (non-hydrogen) atoms. The van der Waals surface area contributed by atoms with Crippen molar-refractivity contribution >= 4 is 5.97 Å². The van der Waals surface area contributed by atoms with Gasteiger partial charge < -0.3 is 19.7 Å². The molecule has 3 rings (SSSR count). The number of phenols is 1. The lowest BCUT2D eigenvalue weighted by Crippen LogP contribution is -2.38. The van der Waals surface area contributed by atoms with Crippen molar-refractivity contribution in [3.8, 4) is 17.2 Å². The van der Waals surface area contributed by atoms with Crippen molar-refractivity contribution in [2.45, 2.75) is 37.5 Å². The SMILES string of the molecule is O=C(O)C1(c2cc3c(c(F)c2O)OCO3)CCCCC1. The van der Waals surface area contributed by atoms with E-state index >= 15 is 0 Å². The van der Waals surface area contributed by atoms with Gasteiger partial charge in [-0.25, -0.2) is 0 Å². The lowest BCUT2D eigenvalue weighted by atomic mass is 9.69. The minimum atomic E-state index is -1.25. The number of aromatic hydroxyl groups is 1. The Morgan fingerprint density at radius 3 is 2.60 bits per heavy atom. The van der Waals surface area contributed by atoms with Crippen molar-refractivity contribution in [1.82, 2.24) is 0 Å². The zero-order chi connectivity index (χ0) is 14.3. The molecule has 0 radical (unpaired) electrons. The van der Waals surface area contributed by atoms with Crippen LogP contribution >= 0.6 is 0 Å². The molecule has 0 amide bonds. The van der Waals surface area contributed by atoms with Gasteiger partial charge in [0.1, 0.15) is 0 Å². The molecule has 1 saturated carbocycles. The highest BCUT2D eigenvalue weighted by Crippen LogP contribution is 2.49. The van der Waals surface area contributed by atoms with Crippen molar-refractivity contribution in [3.05, 3.63) is 17.4 Å². The maximum absolute atomic E-state index is 14.1. The summed E-state index contributed by atoms with van der Waals surface area (Å²) in [5.74, 6) is -2.62. The first-order chi connectivity index (χ1) is 9.56. The average molecular weight is 282 g/mol. The monoisotopic (exact) mass is 282 g/mol. The number of fused-ring (bicyclic) bond motifs is 1. The molecule has 6 heteroatoms. The molecule has 0 atom stereocenters. The number of aliphatic carboxylic acids is 1. The fraction of sp³-hybridized carbons (Fsp3) is 0.500. The van der Waals surface area contributed by atoms with Crippen LogP contribution in [0, 0.1) is 5.82 Å². The molecule has 0 spiro atoms. The van der Waals surface area contributed by atoms with E-state index in [1.807, 2.05) is 0 Å². The Labute approximate surface area is 114 Å². The molecular weight excluding hydrogens is 267 g/mol.